The predicted molar refractivity (Wildman–Crippen MR) is 121 cm³/mol. The molecule has 0 radical (unpaired) electrons. The number of carbonyl (C=O) groups is 1. The molecule has 2 N–H and O–H groups in total. The van der Waals surface area contributed by atoms with Crippen LogP contribution in [0.1, 0.15) is 29.9 Å². The van der Waals surface area contributed by atoms with Crippen LogP contribution in [-0.4, -0.2) is 40.7 Å². The summed E-state index contributed by atoms with van der Waals surface area (Å²) in [5.41, 5.74) is 1.61. The zero-order valence-electron chi connectivity index (χ0n) is 18.7. The molecule has 7 nitrogen and oxygen atoms in total. The SMILES string of the molecule is Cc1ccc(NC(=O)NCC2CCCN(Cc3nc(-c4ccc(C(F)(F)F)cc4)no3)C2)cc1. The van der Waals surface area contributed by atoms with Gasteiger partial charge >= 0.3 is 12.2 Å². The second kappa shape index (κ2) is 10.3. The van der Waals surface area contributed by atoms with Crippen LogP contribution in [0.5, 0.6) is 0 Å². The van der Waals surface area contributed by atoms with E-state index in [4.69, 9.17) is 4.52 Å². The molecule has 180 valence electrons. The van der Waals surface area contributed by atoms with Gasteiger partial charge in [-0.2, -0.15) is 18.2 Å². The topological polar surface area (TPSA) is 83.3 Å². The maximum atomic E-state index is 12.7. The largest absolute Gasteiger partial charge is 0.416 e. The fourth-order valence-electron chi connectivity index (χ4n) is 3.95. The molecule has 10 heteroatoms. The van der Waals surface area contributed by atoms with Crippen molar-refractivity contribution in [3.8, 4) is 11.4 Å². The lowest BCUT2D eigenvalue weighted by Gasteiger charge is -2.31. The Bertz CT molecular complexity index is 1100. The van der Waals surface area contributed by atoms with E-state index in [1.54, 1.807) is 0 Å². The number of alkyl halides is 3. The van der Waals surface area contributed by atoms with Crippen LogP contribution in [0.4, 0.5) is 23.7 Å². The first-order valence-electron chi connectivity index (χ1n) is 11.1. The van der Waals surface area contributed by atoms with Crippen LogP contribution in [0, 0.1) is 12.8 Å². The summed E-state index contributed by atoms with van der Waals surface area (Å²) in [6.07, 6.45) is -2.41. The second-order valence-corrected chi connectivity index (χ2v) is 8.53. The predicted octanol–water partition coefficient (Wildman–Crippen LogP) is 5.10. The number of halogens is 3. The minimum Gasteiger partial charge on any atom is -0.338 e. The van der Waals surface area contributed by atoms with Gasteiger partial charge in [0.15, 0.2) is 0 Å². The standard InChI is InChI=1S/C24H26F3N5O2/c1-16-4-10-20(11-5-16)29-23(33)28-13-17-3-2-12-32(14-17)15-21-30-22(31-34-21)18-6-8-19(9-7-18)24(25,26)27/h4-11,17H,2-3,12-15H2,1H3,(H2,28,29,33). The van der Waals surface area contributed by atoms with E-state index in [0.717, 1.165) is 49.3 Å². The number of rotatable bonds is 6. The first-order valence-corrected chi connectivity index (χ1v) is 11.1. The third-order valence-electron chi connectivity index (χ3n) is 5.76. The summed E-state index contributed by atoms with van der Waals surface area (Å²) in [6.45, 7) is 4.61. The van der Waals surface area contributed by atoms with Crippen molar-refractivity contribution in [3.63, 3.8) is 0 Å². The third kappa shape index (κ3) is 6.34. The molecule has 1 aliphatic heterocycles. The van der Waals surface area contributed by atoms with Gasteiger partial charge in [0.25, 0.3) is 0 Å². The molecule has 2 amide bonds. The van der Waals surface area contributed by atoms with E-state index in [0.29, 0.717) is 24.5 Å². The number of piperidine rings is 1. The summed E-state index contributed by atoms with van der Waals surface area (Å²) < 4.78 is 43.6. The van der Waals surface area contributed by atoms with E-state index in [2.05, 4.69) is 25.7 Å². The molecule has 1 aliphatic rings. The van der Waals surface area contributed by atoms with Gasteiger partial charge in [0, 0.05) is 24.3 Å². The van der Waals surface area contributed by atoms with Gasteiger partial charge in [-0.15, -0.1) is 0 Å². The Morgan fingerprint density at radius 3 is 2.59 bits per heavy atom. The Morgan fingerprint density at radius 1 is 1.15 bits per heavy atom. The van der Waals surface area contributed by atoms with E-state index in [1.165, 1.54) is 12.1 Å². The summed E-state index contributed by atoms with van der Waals surface area (Å²) in [5, 5.41) is 9.67. The third-order valence-corrected chi connectivity index (χ3v) is 5.76. The molecular weight excluding hydrogens is 447 g/mol. The number of hydrogen-bond acceptors (Lipinski definition) is 5. The summed E-state index contributed by atoms with van der Waals surface area (Å²) in [5.74, 6) is 0.946. The number of anilines is 1. The summed E-state index contributed by atoms with van der Waals surface area (Å²) in [4.78, 5) is 18.7. The summed E-state index contributed by atoms with van der Waals surface area (Å²) >= 11 is 0. The Balaban J connectivity index is 1.26. The number of aromatic nitrogens is 2. The first kappa shape index (κ1) is 23.7. The first-order chi connectivity index (χ1) is 16.3. The molecule has 2 aromatic carbocycles. The van der Waals surface area contributed by atoms with Crippen molar-refractivity contribution in [1.82, 2.24) is 20.4 Å². The van der Waals surface area contributed by atoms with Gasteiger partial charge in [-0.1, -0.05) is 35.0 Å². The number of amides is 2. The highest BCUT2D eigenvalue weighted by atomic mass is 19.4. The van der Waals surface area contributed by atoms with Crippen LogP contribution in [0.3, 0.4) is 0 Å². The molecule has 1 aromatic heterocycles. The van der Waals surface area contributed by atoms with Crippen molar-refractivity contribution in [2.75, 3.05) is 25.0 Å². The number of urea groups is 1. The molecule has 1 unspecified atom stereocenters. The Morgan fingerprint density at radius 2 is 1.88 bits per heavy atom. The minimum absolute atomic E-state index is 0.237. The Labute approximate surface area is 195 Å². The van der Waals surface area contributed by atoms with Gasteiger partial charge in [-0.25, -0.2) is 4.79 Å². The molecule has 1 fully saturated rings. The number of nitrogens with one attached hydrogen (secondary N) is 2. The molecule has 4 rings (SSSR count). The van der Waals surface area contributed by atoms with Gasteiger partial charge in [0.2, 0.25) is 11.7 Å². The zero-order chi connectivity index (χ0) is 24.1. The number of carbonyl (C=O) groups excluding carboxylic acids is 1. The number of benzene rings is 2. The summed E-state index contributed by atoms with van der Waals surface area (Å²) in [6, 6.07) is 12.0. The average molecular weight is 473 g/mol. The fraction of sp³-hybridized carbons (Fsp3) is 0.375. The summed E-state index contributed by atoms with van der Waals surface area (Å²) in [7, 11) is 0. The van der Waals surface area contributed by atoms with Gasteiger partial charge in [-0.3, -0.25) is 4.90 Å². The lowest BCUT2D eigenvalue weighted by molar-refractivity contribution is -0.137. The van der Waals surface area contributed by atoms with Gasteiger partial charge in [0.1, 0.15) is 0 Å². The second-order valence-electron chi connectivity index (χ2n) is 8.53. The van der Waals surface area contributed by atoms with Crippen LogP contribution in [-0.2, 0) is 12.7 Å². The zero-order valence-corrected chi connectivity index (χ0v) is 18.7. The van der Waals surface area contributed by atoms with Gasteiger partial charge in [-0.05, 0) is 56.5 Å². The van der Waals surface area contributed by atoms with E-state index in [9.17, 15) is 18.0 Å². The van der Waals surface area contributed by atoms with Crippen molar-refractivity contribution < 1.29 is 22.5 Å². The van der Waals surface area contributed by atoms with Crippen LogP contribution in [0.25, 0.3) is 11.4 Å². The Hall–Kier alpha value is -3.40. The van der Waals surface area contributed by atoms with Crippen LogP contribution < -0.4 is 10.6 Å². The fourth-order valence-corrected chi connectivity index (χ4v) is 3.95. The van der Waals surface area contributed by atoms with Crippen LogP contribution in [0.15, 0.2) is 53.1 Å². The van der Waals surface area contributed by atoms with Crippen LogP contribution >= 0.6 is 0 Å². The average Bonchev–Trinajstić information content (AvgIpc) is 3.27. The maximum Gasteiger partial charge on any atom is 0.416 e. The molecule has 34 heavy (non-hydrogen) atoms. The molecule has 1 saturated heterocycles. The number of hydrogen-bond donors (Lipinski definition) is 2. The molecular formula is C24H26F3N5O2. The van der Waals surface area contributed by atoms with E-state index in [1.807, 2.05) is 31.2 Å². The molecule has 3 aromatic rings. The lowest BCUT2D eigenvalue weighted by Crippen LogP contribution is -2.41. The quantitative estimate of drug-likeness (QED) is 0.521. The van der Waals surface area contributed by atoms with Crippen molar-refractivity contribution in [1.29, 1.82) is 0 Å². The number of likely N-dealkylation sites (tertiary alicyclic amines) is 1. The van der Waals surface area contributed by atoms with E-state index in [-0.39, 0.29) is 17.8 Å². The normalized spacial score (nSPS) is 16.9. The number of nitrogens with zero attached hydrogens (tertiary/aromatic N) is 3. The molecule has 0 aliphatic carbocycles. The maximum absolute atomic E-state index is 12.7. The molecule has 0 bridgehead atoms. The highest BCUT2D eigenvalue weighted by Crippen LogP contribution is 2.30. The van der Waals surface area contributed by atoms with Crippen molar-refractivity contribution in [2.45, 2.75) is 32.5 Å². The minimum atomic E-state index is -4.39. The monoisotopic (exact) mass is 473 g/mol. The van der Waals surface area contributed by atoms with E-state index >= 15 is 0 Å². The lowest BCUT2D eigenvalue weighted by atomic mass is 9.98. The molecule has 2 heterocycles. The van der Waals surface area contributed by atoms with E-state index < -0.39 is 11.7 Å². The molecule has 0 saturated carbocycles. The smallest absolute Gasteiger partial charge is 0.338 e. The van der Waals surface area contributed by atoms with Crippen molar-refractivity contribution in [2.24, 2.45) is 5.92 Å². The van der Waals surface area contributed by atoms with Crippen molar-refractivity contribution in [3.05, 3.63) is 65.5 Å². The highest BCUT2D eigenvalue weighted by Gasteiger charge is 2.30. The molecule has 1 atom stereocenters. The van der Waals surface area contributed by atoms with Crippen LogP contribution in [0.2, 0.25) is 0 Å². The molecule has 0 spiro atoms. The number of aryl methyl sites for hydroxylation is 1. The van der Waals surface area contributed by atoms with Gasteiger partial charge < -0.3 is 15.2 Å². The Kier molecular flexibility index (Phi) is 7.16. The van der Waals surface area contributed by atoms with Gasteiger partial charge in [0.05, 0.1) is 12.1 Å². The van der Waals surface area contributed by atoms with Crippen molar-refractivity contribution >= 4 is 11.7 Å². The highest BCUT2D eigenvalue weighted by molar-refractivity contribution is 5.89.